The largest absolute Gasteiger partial charge is 0.314 e. The number of piperidine rings is 1. The van der Waals surface area contributed by atoms with Crippen molar-refractivity contribution in [3.8, 4) is 0 Å². The Balaban J connectivity index is 1.86. The number of hydrogen-bond acceptors (Lipinski definition) is 4. The molecule has 7 heteroatoms. The fraction of sp³-hybridized carbons (Fsp3) is 0.714. The van der Waals surface area contributed by atoms with E-state index in [-0.39, 0.29) is 0 Å². The second-order valence-corrected chi connectivity index (χ2v) is 8.62. The Morgan fingerprint density at radius 2 is 2.29 bits per heavy atom. The van der Waals surface area contributed by atoms with Crippen molar-refractivity contribution in [1.29, 1.82) is 0 Å². The van der Waals surface area contributed by atoms with Crippen LogP contribution in [-0.4, -0.2) is 38.4 Å². The minimum Gasteiger partial charge on any atom is -0.314 e. The molecule has 2 rings (SSSR count). The van der Waals surface area contributed by atoms with Crippen molar-refractivity contribution in [1.82, 2.24) is 14.3 Å². The first-order valence-corrected chi connectivity index (χ1v) is 9.80. The lowest BCUT2D eigenvalue weighted by Crippen LogP contribution is -2.47. The van der Waals surface area contributed by atoms with Gasteiger partial charge in [-0.3, -0.25) is 0 Å². The third kappa shape index (κ3) is 5.34. The normalized spacial score (nSPS) is 21.0. The number of rotatable bonds is 7. The van der Waals surface area contributed by atoms with Gasteiger partial charge in [0.05, 0.1) is 0 Å². The lowest BCUT2D eigenvalue weighted by atomic mass is 9.99. The molecular weight excluding hydrogens is 306 g/mol. The third-order valence-electron chi connectivity index (χ3n) is 3.65. The molecule has 1 fully saturated rings. The van der Waals surface area contributed by atoms with Crippen molar-refractivity contribution in [2.75, 3.05) is 19.6 Å². The molecule has 1 aromatic rings. The highest BCUT2D eigenvalue weighted by molar-refractivity contribution is 7.87. The highest BCUT2D eigenvalue weighted by atomic mass is 32.2. The van der Waals surface area contributed by atoms with Gasteiger partial charge >= 0.3 is 0 Å². The summed E-state index contributed by atoms with van der Waals surface area (Å²) in [4.78, 5) is 1.04. The molecule has 0 saturated carbocycles. The molecule has 1 aliphatic heterocycles. The van der Waals surface area contributed by atoms with Gasteiger partial charge in [0.25, 0.3) is 10.2 Å². The van der Waals surface area contributed by atoms with E-state index < -0.39 is 10.2 Å². The topological polar surface area (TPSA) is 61.4 Å². The molecule has 0 aliphatic carbocycles. The van der Waals surface area contributed by atoms with Gasteiger partial charge in [-0.15, -0.1) is 11.3 Å². The van der Waals surface area contributed by atoms with Crippen LogP contribution >= 0.6 is 11.3 Å². The van der Waals surface area contributed by atoms with E-state index in [1.165, 1.54) is 0 Å². The van der Waals surface area contributed by atoms with Gasteiger partial charge in [0.15, 0.2) is 0 Å². The highest BCUT2D eigenvalue weighted by Gasteiger charge is 2.28. The first kappa shape index (κ1) is 16.9. The SMILES string of the molecule is CC(C)NCC1CCCN(S(=O)(=O)NCc2cccs2)C1. The molecule has 1 unspecified atom stereocenters. The van der Waals surface area contributed by atoms with E-state index in [2.05, 4.69) is 23.9 Å². The summed E-state index contributed by atoms with van der Waals surface area (Å²) in [6.07, 6.45) is 2.03. The molecule has 120 valence electrons. The zero-order valence-corrected chi connectivity index (χ0v) is 14.3. The molecular formula is C14H25N3O2S2. The maximum atomic E-state index is 12.4. The first-order valence-electron chi connectivity index (χ1n) is 7.48. The predicted molar refractivity (Wildman–Crippen MR) is 87.5 cm³/mol. The smallest absolute Gasteiger partial charge is 0.279 e. The Bertz CT molecular complexity index is 514. The summed E-state index contributed by atoms with van der Waals surface area (Å²) < 4.78 is 29.0. The summed E-state index contributed by atoms with van der Waals surface area (Å²) in [5, 5.41) is 5.36. The van der Waals surface area contributed by atoms with Crippen LogP contribution < -0.4 is 10.0 Å². The van der Waals surface area contributed by atoms with E-state index in [0.29, 0.717) is 31.6 Å². The highest BCUT2D eigenvalue weighted by Crippen LogP contribution is 2.18. The van der Waals surface area contributed by atoms with Crippen LogP contribution in [0.25, 0.3) is 0 Å². The number of thiophene rings is 1. The van der Waals surface area contributed by atoms with Gasteiger partial charge in [0.1, 0.15) is 0 Å². The van der Waals surface area contributed by atoms with Gasteiger partial charge in [0, 0.05) is 30.6 Å². The fourth-order valence-corrected chi connectivity index (χ4v) is 4.51. The summed E-state index contributed by atoms with van der Waals surface area (Å²) >= 11 is 1.57. The van der Waals surface area contributed by atoms with Gasteiger partial charge < -0.3 is 5.32 Å². The molecule has 0 aromatic carbocycles. The first-order chi connectivity index (χ1) is 9.97. The maximum Gasteiger partial charge on any atom is 0.279 e. The third-order valence-corrected chi connectivity index (χ3v) is 6.04. The quantitative estimate of drug-likeness (QED) is 0.801. The van der Waals surface area contributed by atoms with Crippen molar-refractivity contribution in [3.63, 3.8) is 0 Å². The number of hydrogen-bond donors (Lipinski definition) is 2. The minimum absolute atomic E-state index is 0.380. The van der Waals surface area contributed by atoms with Crippen LogP contribution in [0.4, 0.5) is 0 Å². The molecule has 2 N–H and O–H groups in total. The molecule has 0 amide bonds. The Kier molecular flexibility index (Phi) is 6.19. The molecule has 1 aromatic heterocycles. The zero-order chi connectivity index (χ0) is 15.3. The van der Waals surface area contributed by atoms with Crippen LogP contribution in [-0.2, 0) is 16.8 Å². The van der Waals surface area contributed by atoms with Crippen LogP contribution in [0.3, 0.4) is 0 Å². The van der Waals surface area contributed by atoms with Gasteiger partial charge in [-0.25, -0.2) is 0 Å². The van der Waals surface area contributed by atoms with Crippen molar-refractivity contribution >= 4 is 21.5 Å². The molecule has 2 heterocycles. The van der Waals surface area contributed by atoms with E-state index in [0.717, 1.165) is 24.3 Å². The summed E-state index contributed by atoms with van der Waals surface area (Å²) in [5.74, 6) is 0.402. The summed E-state index contributed by atoms with van der Waals surface area (Å²) in [7, 11) is -3.37. The fourth-order valence-electron chi connectivity index (χ4n) is 2.48. The van der Waals surface area contributed by atoms with E-state index in [1.54, 1.807) is 15.6 Å². The Morgan fingerprint density at radius 1 is 1.48 bits per heavy atom. The molecule has 0 bridgehead atoms. The molecule has 0 radical (unpaired) electrons. The predicted octanol–water partition coefficient (Wildman–Crippen LogP) is 1.79. The molecule has 1 aliphatic rings. The molecule has 1 atom stereocenters. The molecule has 0 spiro atoms. The average Bonchev–Trinajstić information content (AvgIpc) is 2.97. The van der Waals surface area contributed by atoms with E-state index in [1.807, 2.05) is 17.5 Å². The lowest BCUT2D eigenvalue weighted by Gasteiger charge is -2.32. The maximum absolute atomic E-state index is 12.4. The molecule has 21 heavy (non-hydrogen) atoms. The standard InChI is InChI=1S/C14H25N3O2S2/c1-12(2)15-9-13-5-3-7-17(11-13)21(18,19)16-10-14-6-4-8-20-14/h4,6,8,12-13,15-16H,3,5,7,9-11H2,1-2H3. The Morgan fingerprint density at radius 3 is 2.95 bits per heavy atom. The summed E-state index contributed by atoms with van der Waals surface area (Å²) in [6.45, 7) is 6.72. The second kappa shape index (κ2) is 7.69. The average molecular weight is 332 g/mol. The molecule has 1 saturated heterocycles. The van der Waals surface area contributed by atoms with Crippen molar-refractivity contribution in [3.05, 3.63) is 22.4 Å². The number of nitrogens with zero attached hydrogens (tertiary/aromatic N) is 1. The molecule has 5 nitrogen and oxygen atoms in total. The van der Waals surface area contributed by atoms with Crippen LogP contribution in [0.1, 0.15) is 31.6 Å². The van der Waals surface area contributed by atoms with E-state index in [9.17, 15) is 8.42 Å². The monoisotopic (exact) mass is 331 g/mol. The van der Waals surface area contributed by atoms with E-state index >= 15 is 0 Å². The van der Waals surface area contributed by atoms with Gasteiger partial charge in [-0.05, 0) is 36.8 Å². The second-order valence-electron chi connectivity index (χ2n) is 5.83. The van der Waals surface area contributed by atoms with Gasteiger partial charge in [-0.2, -0.15) is 17.4 Å². The zero-order valence-electron chi connectivity index (χ0n) is 12.7. The number of nitrogens with one attached hydrogen (secondary N) is 2. The van der Waals surface area contributed by atoms with Gasteiger partial charge in [0.2, 0.25) is 0 Å². The van der Waals surface area contributed by atoms with Crippen LogP contribution in [0, 0.1) is 5.92 Å². The van der Waals surface area contributed by atoms with Crippen molar-refractivity contribution < 1.29 is 8.42 Å². The summed E-state index contributed by atoms with van der Waals surface area (Å²) in [6, 6.07) is 4.32. The lowest BCUT2D eigenvalue weighted by molar-refractivity contribution is 0.254. The minimum atomic E-state index is -3.37. The summed E-state index contributed by atoms with van der Waals surface area (Å²) in [5.41, 5.74) is 0. The van der Waals surface area contributed by atoms with Crippen molar-refractivity contribution in [2.45, 2.75) is 39.3 Å². The van der Waals surface area contributed by atoms with Crippen LogP contribution in [0.5, 0.6) is 0 Å². The van der Waals surface area contributed by atoms with Gasteiger partial charge in [-0.1, -0.05) is 19.9 Å². The Hall–Kier alpha value is -0.470. The van der Waals surface area contributed by atoms with Crippen molar-refractivity contribution in [2.24, 2.45) is 5.92 Å². The van der Waals surface area contributed by atoms with E-state index in [4.69, 9.17) is 0 Å². The Labute approximate surface area is 131 Å². The van der Waals surface area contributed by atoms with Crippen LogP contribution in [0.2, 0.25) is 0 Å². The van der Waals surface area contributed by atoms with Crippen LogP contribution in [0.15, 0.2) is 17.5 Å².